The quantitative estimate of drug-likeness (QED) is 0.580. The number of allylic oxidation sites excluding steroid dienone is 1. The van der Waals surface area contributed by atoms with Gasteiger partial charge in [0.05, 0.1) is 10.8 Å². The molecule has 2 spiro atoms. The molecule has 4 heterocycles. The molecule has 2 unspecified atom stereocenters. The third-order valence-corrected chi connectivity index (χ3v) is 6.24. The number of likely N-dealkylation sites (tertiary alicyclic amines) is 2. The van der Waals surface area contributed by atoms with E-state index in [1.54, 1.807) is 11.9 Å². The molecule has 0 aromatic heterocycles. The SMILES string of the molecule is C=C1CCC2(CCN(C)C2)C(=O)N1.CN1CC2(CCC(=O)NC2=O)CC1=O. The molecular weight excluding hydrogens is 348 g/mol. The van der Waals surface area contributed by atoms with Crippen molar-refractivity contribution in [2.75, 3.05) is 33.7 Å². The van der Waals surface area contributed by atoms with Crippen LogP contribution in [0.3, 0.4) is 0 Å². The maximum Gasteiger partial charge on any atom is 0.235 e. The fourth-order valence-electron chi connectivity index (χ4n) is 4.46. The summed E-state index contributed by atoms with van der Waals surface area (Å²) in [5.41, 5.74) is 0.139. The topological polar surface area (TPSA) is 98.8 Å². The number of piperidine rings is 2. The zero-order valence-electron chi connectivity index (χ0n) is 16.1. The van der Waals surface area contributed by atoms with E-state index in [2.05, 4.69) is 29.2 Å². The molecule has 4 rings (SSSR count). The third kappa shape index (κ3) is 3.76. The first-order valence-corrected chi connectivity index (χ1v) is 9.42. The molecule has 4 aliphatic rings. The van der Waals surface area contributed by atoms with Gasteiger partial charge in [0.1, 0.15) is 0 Å². The molecule has 0 radical (unpaired) electrons. The highest BCUT2D eigenvalue weighted by molar-refractivity contribution is 6.03. The highest BCUT2D eigenvalue weighted by Crippen LogP contribution is 2.38. The van der Waals surface area contributed by atoms with Crippen LogP contribution >= 0.6 is 0 Å². The van der Waals surface area contributed by atoms with Gasteiger partial charge in [-0.3, -0.25) is 24.5 Å². The van der Waals surface area contributed by atoms with E-state index in [0.717, 1.165) is 38.0 Å². The smallest absolute Gasteiger partial charge is 0.235 e. The molecule has 4 amide bonds. The Hall–Kier alpha value is -2.22. The van der Waals surface area contributed by atoms with Crippen LogP contribution in [-0.2, 0) is 19.2 Å². The third-order valence-electron chi connectivity index (χ3n) is 6.24. The largest absolute Gasteiger partial charge is 0.345 e. The summed E-state index contributed by atoms with van der Waals surface area (Å²) in [7, 11) is 3.76. The van der Waals surface area contributed by atoms with Gasteiger partial charge < -0.3 is 15.1 Å². The molecule has 0 saturated carbocycles. The number of nitrogens with zero attached hydrogens (tertiary/aromatic N) is 2. The molecular formula is C19H28N4O4. The molecule has 2 N–H and O–H groups in total. The van der Waals surface area contributed by atoms with E-state index in [1.165, 1.54) is 0 Å². The molecule has 0 aliphatic carbocycles. The summed E-state index contributed by atoms with van der Waals surface area (Å²) in [6.07, 6.45) is 3.99. The standard InChI is InChI=1S/C10H16N2O.C9H12N2O3/c1-8-3-4-10(9(13)11-8)5-6-12(2)7-10;1-11-5-9(4-7(11)13)3-2-6(12)10-8(9)14/h1,3-7H2,2H3,(H,11,13);2-5H2,1H3,(H,10,12,14). The van der Waals surface area contributed by atoms with Gasteiger partial charge in [0.15, 0.2) is 0 Å². The van der Waals surface area contributed by atoms with Crippen LogP contribution in [0.1, 0.15) is 38.5 Å². The average Bonchev–Trinajstić information content (AvgIpc) is 3.11. The maximum atomic E-state index is 11.8. The molecule has 27 heavy (non-hydrogen) atoms. The van der Waals surface area contributed by atoms with Crippen LogP contribution in [0.5, 0.6) is 0 Å². The fourth-order valence-corrected chi connectivity index (χ4v) is 4.46. The molecule has 8 heteroatoms. The van der Waals surface area contributed by atoms with Gasteiger partial charge in [-0.2, -0.15) is 0 Å². The van der Waals surface area contributed by atoms with Crippen molar-refractivity contribution in [3.05, 3.63) is 12.3 Å². The number of carbonyl (C=O) groups excluding carboxylic acids is 4. The van der Waals surface area contributed by atoms with Gasteiger partial charge in [0.2, 0.25) is 23.6 Å². The Morgan fingerprint density at radius 2 is 1.56 bits per heavy atom. The van der Waals surface area contributed by atoms with Crippen molar-refractivity contribution in [2.45, 2.75) is 38.5 Å². The lowest BCUT2D eigenvalue weighted by molar-refractivity contribution is -0.142. The molecule has 8 nitrogen and oxygen atoms in total. The lowest BCUT2D eigenvalue weighted by atomic mass is 9.78. The van der Waals surface area contributed by atoms with Gasteiger partial charge in [-0.05, 0) is 39.3 Å². The van der Waals surface area contributed by atoms with Crippen molar-refractivity contribution in [1.29, 1.82) is 0 Å². The number of rotatable bonds is 0. The van der Waals surface area contributed by atoms with Gasteiger partial charge >= 0.3 is 0 Å². The van der Waals surface area contributed by atoms with Crippen LogP contribution in [0.25, 0.3) is 0 Å². The minimum Gasteiger partial charge on any atom is -0.345 e. The number of nitrogens with one attached hydrogen (secondary N) is 2. The molecule has 2 atom stereocenters. The van der Waals surface area contributed by atoms with Gasteiger partial charge in [-0.15, -0.1) is 0 Å². The highest BCUT2D eigenvalue weighted by atomic mass is 16.2. The summed E-state index contributed by atoms with van der Waals surface area (Å²) in [5.74, 6) is -0.350. The van der Waals surface area contributed by atoms with Crippen LogP contribution in [0.2, 0.25) is 0 Å². The van der Waals surface area contributed by atoms with Gasteiger partial charge in [0.25, 0.3) is 0 Å². The second-order valence-electron chi connectivity index (χ2n) is 8.41. The summed E-state index contributed by atoms with van der Waals surface area (Å²) in [6.45, 7) is 6.18. The summed E-state index contributed by atoms with van der Waals surface area (Å²) < 4.78 is 0. The molecule has 4 saturated heterocycles. The van der Waals surface area contributed by atoms with Crippen LogP contribution in [0.4, 0.5) is 0 Å². The minimum absolute atomic E-state index is 0.0190. The predicted octanol–water partition coefficient (Wildman–Crippen LogP) is 0.00350. The van der Waals surface area contributed by atoms with Crippen LogP contribution in [0.15, 0.2) is 12.3 Å². The average molecular weight is 376 g/mol. The Balaban J connectivity index is 0.000000156. The second-order valence-corrected chi connectivity index (χ2v) is 8.41. The number of carbonyl (C=O) groups is 4. The normalized spacial score (nSPS) is 34.0. The maximum absolute atomic E-state index is 11.8. The van der Waals surface area contributed by atoms with E-state index in [1.807, 2.05) is 0 Å². The molecule has 4 fully saturated rings. The fraction of sp³-hybridized carbons (Fsp3) is 0.684. The lowest BCUT2D eigenvalue weighted by Gasteiger charge is -2.32. The van der Waals surface area contributed by atoms with Crippen molar-refractivity contribution < 1.29 is 19.2 Å². The van der Waals surface area contributed by atoms with Crippen LogP contribution in [-0.4, -0.2) is 67.2 Å². The van der Waals surface area contributed by atoms with E-state index in [-0.39, 0.29) is 35.5 Å². The Bertz CT molecular complexity index is 706. The summed E-state index contributed by atoms with van der Waals surface area (Å²) in [4.78, 5) is 49.4. The van der Waals surface area contributed by atoms with E-state index in [4.69, 9.17) is 0 Å². The van der Waals surface area contributed by atoms with Crippen molar-refractivity contribution in [1.82, 2.24) is 20.4 Å². The Morgan fingerprint density at radius 3 is 2.07 bits per heavy atom. The first kappa shape index (κ1) is 19.5. The van der Waals surface area contributed by atoms with Crippen LogP contribution < -0.4 is 10.6 Å². The summed E-state index contributed by atoms with van der Waals surface area (Å²) in [6, 6.07) is 0. The zero-order valence-corrected chi connectivity index (χ0v) is 16.1. The van der Waals surface area contributed by atoms with E-state index < -0.39 is 5.41 Å². The van der Waals surface area contributed by atoms with E-state index in [0.29, 0.717) is 19.4 Å². The summed E-state index contributed by atoms with van der Waals surface area (Å²) >= 11 is 0. The number of hydrogen-bond acceptors (Lipinski definition) is 5. The predicted molar refractivity (Wildman–Crippen MR) is 98.1 cm³/mol. The van der Waals surface area contributed by atoms with Crippen molar-refractivity contribution in [3.8, 4) is 0 Å². The Morgan fingerprint density at radius 1 is 0.889 bits per heavy atom. The number of imide groups is 1. The number of amides is 4. The minimum atomic E-state index is -0.639. The van der Waals surface area contributed by atoms with E-state index in [9.17, 15) is 19.2 Å². The lowest BCUT2D eigenvalue weighted by Crippen LogP contribution is -2.49. The molecule has 148 valence electrons. The second kappa shape index (κ2) is 7.07. The van der Waals surface area contributed by atoms with Crippen molar-refractivity contribution in [3.63, 3.8) is 0 Å². The summed E-state index contributed by atoms with van der Waals surface area (Å²) in [5, 5.41) is 5.17. The number of hydrogen-bond donors (Lipinski definition) is 2. The zero-order chi connectivity index (χ0) is 19.8. The van der Waals surface area contributed by atoms with Gasteiger partial charge in [-0.1, -0.05) is 6.58 Å². The Labute approximate surface area is 159 Å². The monoisotopic (exact) mass is 376 g/mol. The molecule has 4 aliphatic heterocycles. The van der Waals surface area contributed by atoms with Crippen LogP contribution in [0, 0.1) is 10.8 Å². The van der Waals surface area contributed by atoms with Gasteiger partial charge in [0, 0.05) is 38.7 Å². The Kier molecular flexibility index (Phi) is 5.12. The highest BCUT2D eigenvalue weighted by Gasteiger charge is 2.50. The van der Waals surface area contributed by atoms with Gasteiger partial charge in [-0.25, -0.2) is 0 Å². The molecule has 0 bridgehead atoms. The van der Waals surface area contributed by atoms with Crippen molar-refractivity contribution in [2.24, 2.45) is 10.8 Å². The first-order valence-electron chi connectivity index (χ1n) is 9.42. The molecule has 0 aromatic rings. The van der Waals surface area contributed by atoms with Crippen molar-refractivity contribution >= 4 is 23.6 Å². The van der Waals surface area contributed by atoms with E-state index >= 15 is 0 Å². The molecule has 0 aromatic carbocycles. The first-order chi connectivity index (χ1) is 12.7.